The first kappa shape index (κ1) is 26.4. The number of nitrogen functional groups attached to an aromatic ring is 1. The maximum atomic E-state index is 13.6. The lowest BCUT2D eigenvalue weighted by Crippen LogP contribution is -2.25. The molecule has 0 saturated carbocycles. The van der Waals surface area contributed by atoms with E-state index in [0.29, 0.717) is 28.6 Å². The summed E-state index contributed by atoms with van der Waals surface area (Å²) in [6, 6.07) is 17.2. The highest BCUT2D eigenvalue weighted by molar-refractivity contribution is 5.98. The van der Waals surface area contributed by atoms with E-state index >= 15 is 0 Å². The second kappa shape index (κ2) is 11.7. The Hall–Kier alpha value is -4.23. The Balaban J connectivity index is 1.45. The van der Waals surface area contributed by atoms with Gasteiger partial charge < -0.3 is 19.8 Å². The number of aromatic nitrogens is 2. The minimum Gasteiger partial charge on any atom is -0.496 e. The molecular weight excluding hydrogens is 490 g/mol. The van der Waals surface area contributed by atoms with Crippen LogP contribution in [0.25, 0.3) is 22.3 Å². The average molecular weight is 524 g/mol. The number of carbonyl (C=O) groups excluding carboxylic acids is 1. The summed E-state index contributed by atoms with van der Waals surface area (Å²) in [5.41, 5.74) is 10.9. The number of pyridine rings is 2. The van der Waals surface area contributed by atoms with Gasteiger partial charge in [-0.2, -0.15) is 0 Å². The maximum Gasteiger partial charge on any atom is 0.200 e. The minimum atomic E-state index is -0.239. The van der Waals surface area contributed by atoms with Gasteiger partial charge in [0.25, 0.3) is 0 Å². The van der Waals surface area contributed by atoms with Gasteiger partial charge in [-0.3, -0.25) is 9.59 Å². The topological polar surface area (TPSA) is 96.4 Å². The van der Waals surface area contributed by atoms with Gasteiger partial charge in [-0.05, 0) is 48.4 Å². The molecule has 0 atom stereocenters. The lowest BCUT2D eigenvalue weighted by atomic mass is 9.97. The molecule has 7 heteroatoms. The summed E-state index contributed by atoms with van der Waals surface area (Å²) in [4.78, 5) is 31.3. The van der Waals surface area contributed by atoms with Gasteiger partial charge in [0.2, 0.25) is 0 Å². The molecule has 0 amide bonds. The molecule has 0 bridgehead atoms. The smallest absolute Gasteiger partial charge is 0.200 e. The van der Waals surface area contributed by atoms with E-state index < -0.39 is 0 Å². The van der Waals surface area contributed by atoms with Gasteiger partial charge in [-0.1, -0.05) is 54.1 Å². The molecule has 2 N–H and O–H groups in total. The molecule has 4 aromatic rings. The standard InChI is InChI=1S/C32H33N3O4/c1-21-3-7-24(8-4-21)26-19-35(18-23-12-15-39-16-13-23)20-27(31(26)37)28(36)17-22-5-9-25(10-6-22)30-29(38-2)11-14-34-32(30)33/h3-11,14,19-20,23H,12-13,15-18H2,1-2H3,(H2,33,34). The molecule has 1 aliphatic rings. The zero-order valence-electron chi connectivity index (χ0n) is 22.4. The number of benzene rings is 2. The normalized spacial score (nSPS) is 13.8. The predicted octanol–water partition coefficient (Wildman–Crippen LogP) is 5.33. The fraction of sp³-hybridized carbons (Fsp3) is 0.281. The van der Waals surface area contributed by atoms with Gasteiger partial charge >= 0.3 is 0 Å². The van der Waals surface area contributed by atoms with Crippen molar-refractivity contribution in [3.8, 4) is 28.0 Å². The van der Waals surface area contributed by atoms with Crippen molar-refractivity contribution in [2.75, 3.05) is 26.1 Å². The summed E-state index contributed by atoms with van der Waals surface area (Å²) in [6.45, 7) is 4.24. The van der Waals surface area contributed by atoms with Gasteiger partial charge in [-0.25, -0.2) is 4.98 Å². The van der Waals surface area contributed by atoms with E-state index in [9.17, 15) is 9.59 Å². The molecular formula is C32H33N3O4. The Labute approximate surface area is 228 Å². The lowest BCUT2D eigenvalue weighted by molar-refractivity contribution is 0.0612. The highest BCUT2D eigenvalue weighted by atomic mass is 16.5. The van der Waals surface area contributed by atoms with Crippen LogP contribution >= 0.6 is 0 Å². The van der Waals surface area contributed by atoms with E-state index in [-0.39, 0.29) is 23.2 Å². The fourth-order valence-electron chi connectivity index (χ4n) is 5.09. The van der Waals surface area contributed by atoms with Crippen LogP contribution < -0.4 is 15.9 Å². The van der Waals surface area contributed by atoms with Crippen LogP contribution in [0.5, 0.6) is 5.75 Å². The van der Waals surface area contributed by atoms with E-state index in [4.69, 9.17) is 15.2 Å². The van der Waals surface area contributed by atoms with Crippen LogP contribution in [0.4, 0.5) is 5.82 Å². The summed E-state index contributed by atoms with van der Waals surface area (Å²) in [5, 5.41) is 0. The molecule has 1 fully saturated rings. The summed E-state index contributed by atoms with van der Waals surface area (Å²) in [5.74, 6) is 1.24. The molecule has 3 heterocycles. The fourth-order valence-corrected chi connectivity index (χ4v) is 5.09. The number of ketones is 1. The van der Waals surface area contributed by atoms with Gasteiger partial charge in [0.15, 0.2) is 11.2 Å². The third kappa shape index (κ3) is 5.94. The minimum absolute atomic E-state index is 0.115. The summed E-state index contributed by atoms with van der Waals surface area (Å²) in [7, 11) is 1.59. The van der Waals surface area contributed by atoms with Crippen molar-refractivity contribution in [3.05, 3.63) is 100 Å². The Morgan fingerprint density at radius 2 is 1.72 bits per heavy atom. The molecule has 7 nitrogen and oxygen atoms in total. The van der Waals surface area contributed by atoms with E-state index in [1.807, 2.05) is 66.2 Å². The number of carbonyl (C=O) groups is 1. The number of Topliss-reactive ketones (excluding diaryl/α,β-unsaturated/α-hetero) is 1. The highest BCUT2D eigenvalue weighted by Crippen LogP contribution is 2.33. The van der Waals surface area contributed by atoms with E-state index in [0.717, 1.165) is 54.9 Å². The highest BCUT2D eigenvalue weighted by Gasteiger charge is 2.20. The molecule has 0 aliphatic carbocycles. The number of ether oxygens (including phenoxy) is 2. The van der Waals surface area contributed by atoms with Crippen molar-refractivity contribution in [2.24, 2.45) is 5.92 Å². The second-order valence-corrected chi connectivity index (χ2v) is 10.1. The van der Waals surface area contributed by atoms with Crippen LogP contribution in [-0.4, -0.2) is 35.7 Å². The number of hydrogen-bond donors (Lipinski definition) is 1. The number of rotatable bonds is 8. The van der Waals surface area contributed by atoms with Crippen LogP contribution in [0.3, 0.4) is 0 Å². The van der Waals surface area contributed by atoms with Crippen molar-refractivity contribution in [1.29, 1.82) is 0 Å². The molecule has 2 aromatic heterocycles. The van der Waals surface area contributed by atoms with Crippen molar-refractivity contribution in [1.82, 2.24) is 9.55 Å². The summed E-state index contributed by atoms with van der Waals surface area (Å²) >= 11 is 0. The molecule has 0 spiro atoms. The number of nitrogens with two attached hydrogens (primary N) is 1. The molecule has 2 aromatic carbocycles. The van der Waals surface area contributed by atoms with Gasteiger partial charge in [0.05, 0.1) is 18.2 Å². The van der Waals surface area contributed by atoms with Crippen LogP contribution in [0, 0.1) is 12.8 Å². The third-order valence-corrected chi connectivity index (χ3v) is 7.32. The lowest BCUT2D eigenvalue weighted by Gasteiger charge is -2.23. The zero-order chi connectivity index (χ0) is 27.4. The molecule has 1 saturated heterocycles. The Bertz CT molecular complexity index is 1520. The monoisotopic (exact) mass is 523 g/mol. The van der Waals surface area contributed by atoms with Crippen LogP contribution in [0.1, 0.15) is 34.3 Å². The van der Waals surface area contributed by atoms with Crippen LogP contribution in [0.2, 0.25) is 0 Å². The van der Waals surface area contributed by atoms with E-state index in [1.165, 1.54) is 0 Å². The van der Waals surface area contributed by atoms with E-state index in [2.05, 4.69) is 4.98 Å². The number of hydrogen-bond acceptors (Lipinski definition) is 6. The Morgan fingerprint density at radius 3 is 2.41 bits per heavy atom. The predicted molar refractivity (Wildman–Crippen MR) is 153 cm³/mol. The number of methoxy groups -OCH3 is 1. The first-order chi connectivity index (χ1) is 18.9. The van der Waals surface area contributed by atoms with E-state index in [1.54, 1.807) is 25.6 Å². The second-order valence-electron chi connectivity index (χ2n) is 10.1. The van der Waals surface area contributed by atoms with Crippen LogP contribution in [-0.2, 0) is 17.7 Å². The molecule has 0 radical (unpaired) electrons. The Morgan fingerprint density at radius 1 is 1.03 bits per heavy atom. The Kier molecular flexibility index (Phi) is 7.89. The molecule has 5 rings (SSSR count). The molecule has 1 aliphatic heterocycles. The summed E-state index contributed by atoms with van der Waals surface area (Å²) in [6.07, 6.45) is 7.27. The largest absolute Gasteiger partial charge is 0.496 e. The molecule has 200 valence electrons. The number of aryl methyl sites for hydroxylation is 1. The number of anilines is 1. The molecule has 0 unspecified atom stereocenters. The first-order valence-corrected chi connectivity index (χ1v) is 13.2. The van der Waals surface area contributed by atoms with Gasteiger partial charge in [0.1, 0.15) is 11.6 Å². The third-order valence-electron chi connectivity index (χ3n) is 7.32. The SMILES string of the molecule is COc1ccnc(N)c1-c1ccc(CC(=O)c2cn(CC3CCOCC3)cc(-c3ccc(C)cc3)c2=O)cc1. The van der Waals surface area contributed by atoms with Crippen LogP contribution in [0.15, 0.2) is 78.0 Å². The van der Waals surface area contributed by atoms with Crippen molar-refractivity contribution in [2.45, 2.75) is 32.7 Å². The maximum absolute atomic E-state index is 13.6. The average Bonchev–Trinajstić information content (AvgIpc) is 2.95. The van der Waals surface area contributed by atoms with Crippen molar-refractivity contribution in [3.63, 3.8) is 0 Å². The summed E-state index contributed by atoms with van der Waals surface area (Å²) < 4.78 is 13.0. The number of nitrogens with zero attached hydrogens (tertiary/aromatic N) is 2. The van der Waals surface area contributed by atoms with Crippen molar-refractivity contribution < 1.29 is 14.3 Å². The van der Waals surface area contributed by atoms with Gasteiger partial charge in [0, 0.05) is 50.3 Å². The quantitative estimate of drug-likeness (QED) is 0.314. The van der Waals surface area contributed by atoms with Crippen molar-refractivity contribution >= 4 is 11.6 Å². The molecule has 39 heavy (non-hydrogen) atoms. The zero-order valence-corrected chi connectivity index (χ0v) is 22.4. The first-order valence-electron chi connectivity index (χ1n) is 13.2. The van der Waals surface area contributed by atoms with Gasteiger partial charge in [-0.15, -0.1) is 0 Å².